The third-order valence-corrected chi connectivity index (χ3v) is 6.88. The second kappa shape index (κ2) is 11.0. The molecule has 38 heavy (non-hydrogen) atoms. The average Bonchev–Trinajstić information content (AvgIpc) is 2.85. The Kier molecular flexibility index (Phi) is 7.89. The lowest BCUT2D eigenvalue weighted by atomic mass is 10.0. The number of benzene rings is 4. The van der Waals surface area contributed by atoms with Crippen LogP contribution >= 0.6 is 23.2 Å². The minimum Gasteiger partial charge on any atom is -0.505 e. The third-order valence-electron chi connectivity index (χ3n) is 5.49. The topological polar surface area (TPSA) is 138 Å². The molecule has 3 N–H and O–H groups in total. The Labute approximate surface area is 228 Å². The van der Waals surface area contributed by atoms with Crippen molar-refractivity contribution in [2.24, 2.45) is 10.2 Å². The van der Waals surface area contributed by atoms with Gasteiger partial charge < -0.3 is 15.2 Å². The second-order valence-electron chi connectivity index (χ2n) is 8.12. The fourth-order valence-corrected chi connectivity index (χ4v) is 5.00. The fourth-order valence-electron chi connectivity index (χ4n) is 3.77. The Morgan fingerprint density at radius 1 is 1.03 bits per heavy atom. The first kappa shape index (κ1) is 27.3. The number of hydrogen-bond acceptors (Lipinski definition) is 7. The molecule has 9 nitrogen and oxygen atoms in total. The summed E-state index contributed by atoms with van der Waals surface area (Å²) in [5.41, 5.74) is 0.357. The van der Waals surface area contributed by atoms with Gasteiger partial charge in [-0.25, -0.2) is 0 Å². The van der Waals surface area contributed by atoms with Crippen molar-refractivity contribution in [2.75, 3.05) is 11.9 Å². The molecule has 0 bridgehead atoms. The number of aromatic hydroxyl groups is 1. The van der Waals surface area contributed by atoms with Gasteiger partial charge in [-0.05, 0) is 55.1 Å². The lowest BCUT2D eigenvalue weighted by molar-refractivity contribution is 0.102. The third kappa shape index (κ3) is 5.73. The molecule has 4 aromatic carbocycles. The molecule has 0 saturated heterocycles. The molecular weight excluding hydrogens is 553 g/mol. The number of carbonyl (C=O) groups is 1. The van der Waals surface area contributed by atoms with Crippen LogP contribution in [0.1, 0.15) is 22.8 Å². The number of hydrogen-bond donors (Lipinski definition) is 3. The van der Waals surface area contributed by atoms with Crippen LogP contribution < -0.4 is 10.1 Å². The minimum atomic E-state index is -4.69. The highest BCUT2D eigenvalue weighted by molar-refractivity contribution is 7.86. The lowest BCUT2D eigenvalue weighted by Gasteiger charge is -2.13. The molecule has 4 rings (SSSR count). The number of halogens is 2. The van der Waals surface area contributed by atoms with Crippen LogP contribution in [0.3, 0.4) is 0 Å². The molecule has 0 radical (unpaired) electrons. The Morgan fingerprint density at radius 2 is 1.74 bits per heavy atom. The summed E-state index contributed by atoms with van der Waals surface area (Å²) in [5, 5.41) is 23.4. The molecule has 0 spiro atoms. The van der Waals surface area contributed by atoms with E-state index >= 15 is 0 Å². The summed E-state index contributed by atoms with van der Waals surface area (Å²) in [6, 6.07) is 15.5. The van der Waals surface area contributed by atoms with Crippen molar-refractivity contribution in [3.8, 4) is 11.5 Å². The Morgan fingerprint density at radius 3 is 2.45 bits per heavy atom. The number of amides is 1. The first-order chi connectivity index (χ1) is 18.0. The normalized spacial score (nSPS) is 11.7. The van der Waals surface area contributed by atoms with E-state index in [2.05, 4.69) is 15.5 Å². The van der Waals surface area contributed by atoms with Gasteiger partial charge in [-0.1, -0.05) is 47.5 Å². The fraction of sp³-hybridized carbons (Fsp3) is 0.115. The molecule has 0 heterocycles. The van der Waals surface area contributed by atoms with Crippen LogP contribution in [0.2, 0.25) is 10.0 Å². The van der Waals surface area contributed by atoms with Crippen molar-refractivity contribution in [1.82, 2.24) is 0 Å². The maximum absolute atomic E-state index is 13.2. The number of rotatable bonds is 7. The van der Waals surface area contributed by atoms with Crippen LogP contribution in [0, 0.1) is 6.92 Å². The van der Waals surface area contributed by atoms with E-state index < -0.39 is 26.7 Å². The zero-order valence-corrected chi connectivity index (χ0v) is 22.4. The number of aryl methyl sites for hydroxylation is 1. The van der Waals surface area contributed by atoms with Gasteiger partial charge in [0, 0.05) is 22.2 Å². The van der Waals surface area contributed by atoms with Gasteiger partial charge in [-0.15, -0.1) is 10.2 Å². The molecule has 0 aliphatic carbocycles. The van der Waals surface area contributed by atoms with E-state index in [0.717, 1.165) is 6.07 Å². The van der Waals surface area contributed by atoms with Gasteiger partial charge in [0.2, 0.25) is 0 Å². The van der Waals surface area contributed by atoms with Gasteiger partial charge in [0.15, 0.2) is 5.75 Å². The van der Waals surface area contributed by atoms with Crippen LogP contribution in [0.5, 0.6) is 11.5 Å². The molecule has 1 amide bonds. The van der Waals surface area contributed by atoms with E-state index in [1.165, 1.54) is 12.1 Å². The summed E-state index contributed by atoms with van der Waals surface area (Å²) in [7, 11) is -4.69. The number of anilines is 1. The second-order valence-corrected chi connectivity index (χ2v) is 10.4. The van der Waals surface area contributed by atoms with E-state index in [4.69, 9.17) is 27.9 Å². The largest absolute Gasteiger partial charge is 0.505 e. The number of azo groups is 1. The summed E-state index contributed by atoms with van der Waals surface area (Å²) in [6.45, 7) is 3.72. The summed E-state index contributed by atoms with van der Waals surface area (Å²) in [5.74, 6) is -0.739. The van der Waals surface area contributed by atoms with Crippen LogP contribution in [0.15, 0.2) is 75.8 Å². The Bertz CT molecular complexity index is 1710. The number of phenols is 1. The van der Waals surface area contributed by atoms with E-state index in [1.54, 1.807) is 56.3 Å². The number of fused-ring (bicyclic) bond motifs is 1. The van der Waals surface area contributed by atoms with Crippen molar-refractivity contribution in [3.05, 3.63) is 81.8 Å². The van der Waals surface area contributed by atoms with Gasteiger partial charge >= 0.3 is 0 Å². The summed E-state index contributed by atoms with van der Waals surface area (Å²) in [4.78, 5) is 12.6. The first-order valence-corrected chi connectivity index (χ1v) is 13.4. The van der Waals surface area contributed by atoms with Gasteiger partial charge in [0.1, 0.15) is 22.0 Å². The molecule has 196 valence electrons. The molecule has 0 aliphatic heterocycles. The van der Waals surface area contributed by atoms with Crippen LogP contribution in [0.4, 0.5) is 17.1 Å². The van der Waals surface area contributed by atoms with Crippen molar-refractivity contribution < 1.29 is 27.6 Å². The van der Waals surface area contributed by atoms with Gasteiger partial charge in [0.05, 0.1) is 17.2 Å². The highest BCUT2D eigenvalue weighted by atomic mass is 35.5. The first-order valence-electron chi connectivity index (χ1n) is 11.2. The standard InChI is InChI=1S/C26H21Cl2N3O6S/c1-3-37-21-13-17(8-9-20(21)28)29-26(33)19-11-15-6-4-5-7-18(15)24(25(19)32)31-30-23-14(2)10-16(27)12-22(23)38(34,35)36/h4-13,32H,3H2,1-2H3,(H,29,33)(H,34,35,36). The Hall–Kier alpha value is -3.70. The molecule has 0 fully saturated rings. The number of phenolic OH excluding ortho intramolecular Hbond substituents is 1. The molecule has 0 aliphatic rings. The van der Waals surface area contributed by atoms with Crippen LogP contribution in [-0.4, -0.2) is 30.6 Å². The number of ether oxygens (including phenoxy) is 1. The maximum atomic E-state index is 13.2. The highest BCUT2D eigenvalue weighted by Crippen LogP contribution is 2.41. The van der Waals surface area contributed by atoms with Crippen molar-refractivity contribution in [2.45, 2.75) is 18.7 Å². The van der Waals surface area contributed by atoms with Crippen molar-refractivity contribution in [1.29, 1.82) is 0 Å². The van der Waals surface area contributed by atoms with Crippen molar-refractivity contribution >= 4 is 67.1 Å². The maximum Gasteiger partial charge on any atom is 0.296 e. The van der Waals surface area contributed by atoms with E-state index in [-0.39, 0.29) is 22.0 Å². The molecule has 4 aromatic rings. The minimum absolute atomic E-state index is 0.0741. The number of nitrogens with zero attached hydrogens (tertiary/aromatic N) is 2. The van der Waals surface area contributed by atoms with Crippen LogP contribution in [0.25, 0.3) is 10.8 Å². The quantitative estimate of drug-likeness (QED) is 0.155. The Balaban J connectivity index is 1.81. The average molecular weight is 574 g/mol. The zero-order valence-electron chi connectivity index (χ0n) is 20.1. The van der Waals surface area contributed by atoms with E-state index in [1.807, 2.05) is 0 Å². The van der Waals surface area contributed by atoms with E-state index in [0.29, 0.717) is 39.4 Å². The molecule has 0 aromatic heterocycles. The zero-order chi connectivity index (χ0) is 27.6. The number of carbonyl (C=O) groups excluding carboxylic acids is 1. The van der Waals surface area contributed by atoms with Crippen LogP contribution in [-0.2, 0) is 10.1 Å². The monoisotopic (exact) mass is 573 g/mol. The highest BCUT2D eigenvalue weighted by Gasteiger charge is 2.21. The molecule has 0 unspecified atom stereocenters. The predicted octanol–water partition coefficient (Wildman–Crippen LogP) is 7.47. The van der Waals surface area contributed by atoms with Gasteiger partial charge in [0.25, 0.3) is 16.0 Å². The predicted molar refractivity (Wildman–Crippen MR) is 146 cm³/mol. The lowest BCUT2D eigenvalue weighted by Crippen LogP contribution is -2.12. The summed E-state index contributed by atoms with van der Waals surface area (Å²) < 4.78 is 39.0. The number of nitrogens with one attached hydrogen (secondary N) is 1. The van der Waals surface area contributed by atoms with Gasteiger partial charge in [-0.3, -0.25) is 9.35 Å². The van der Waals surface area contributed by atoms with Crippen molar-refractivity contribution in [3.63, 3.8) is 0 Å². The molecular formula is C26H21Cl2N3O6S. The molecule has 0 atom stereocenters. The molecule has 0 saturated carbocycles. The summed E-state index contributed by atoms with van der Waals surface area (Å²) in [6.07, 6.45) is 0. The smallest absolute Gasteiger partial charge is 0.296 e. The summed E-state index contributed by atoms with van der Waals surface area (Å²) >= 11 is 12.1. The molecule has 12 heteroatoms. The van der Waals surface area contributed by atoms with E-state index in [9.17, 15) is 22.9 Å². The van der Waals surface area contributed by atoms with Gasteiger partial charge in [-0.2, -0.15) is 8.42 Å². The SMILES string of the molecule is CCOc1cc(NC(=O)c2cc3ccccc3c(N=Nc3c(C)cc(Cl)cc3S(=O)(=O)O)c2O)ccc1Cl.